The first-order chi connectivity index (χ1) is 7.15. The van der Waals surface area contributed by atoms with Crippen LogP contribution in [0.5, 0.6) is 0 Å². The summed E-state index contributed by atoms with van der Waals surface area (Å²) in [5.41, 5.74) is 0. The predicted molar refractivity (Wildman–Crippen MR) is 59.4 cm³/mol. The van der Waals surface area contributed by atoms with Gasteiger partial charge in [-0.1, -0.05) is 26.7 Å². The molecule has 90 valence electrons. The number of hydrogen-bond donors (Lipinski definition) is 3. The van der Waals surface area contributed by atoms with Crippen molar-refractivity contribution in [3.05, 3.63) is 0 Å². The highest BCUT2D eigenvalue weighted by atomic mass is 16.3. The van der Waals surface area contributed by atoms with E-state index in [2.05, 4.69) is 5.32 Å². The summed E-state index contributed by atoms with van der Waals surface area (Å²) in [6, 6.07) is 0. The minimum Gasteiger partial charge on any atom is -0.396 e. The van der Waals surface area contributed by atoms with Crippen LogP contribution in [0.15, 0.2) is 0 Å². The number of aliphatic hydroxyl groups excluding tert-OH is 2. The van der Waals surface area contributed by atoms with Crippen LogP contribution in [0.2, 0.25) is 0 Å². The minimum atomic E-state index is -0.460. The first-order valence-corrected chi connectivity index (χ1v) is 5.71. The van der Waals surface area contributed by atoms with Crippen LogP contribution in [-0.4, -0.2) is 35.4 Å². The van der Waals surface area contributed by atoms with Crippen molar-refractivity contribution in [3.8, 4) is 0 Å². The molecule has 0 rings (SSSR count). The van der Waals surface area contributed by atoms with Gasteiger partial charge in [0.1, 0.15) is 0 Å². The highest BCUT2D eigenvalue weighted by molar-refractivity contribution is 5.75. The molecule has 0 aromatic rings. The van der Waals surface area contributed by atoms with Crippen molar-refractivity contribution in [2.24, 2.45) is 5.92 Å². The molecule has 0 aliphatic heterocycles. The van der Waals surface area contributed by atoms with Crippen LogP contribution < -0.4 is 5.32 Å². The Labute approximate surface area is 91.7 Å². The van der Waals surface area contributed by atoms with Gasteiger partial charge in [0.15, 0.2) is 0 Å². The minimum absolute atomic E-state index is 0.0303. The summed E-state index contributed by atoms with van der Waals surface area (Å²) in [5.74, 6) is 0.150. The molecular weight excluding hydrogens is 194 g/mol. The molecule has 0 radical (unpaired) electrons. The van der Waals surface area contributed by atoms with Crippen molar-refractivity contribution in [1.29, 1.82) is 0 Å². The zero-order valence-electron chi connectivity index (χ0n) is 9.70. The summed E-state index contributed by atoms with van der Waals surface area (Å²) in [6.45, 7) is 4.41. The van der Waals surface area contributed by atoms with E-state index in [1.165, 1.54) is 0 Å². The van der Waals surface area contributed by atoms with Crippen LogP contribution in [0.4, 0.5) is 0 Å². The molecule has 1 amide bonds. The van der Waals surface area contributed by atoms with Gasteiger partial charge in [-0.05, 0) is 12.3 Å². The number of hydrogen-bond acceptors (Lipinski definition) is 3. The molecule has 0 spiro atoms. The van der Waals surface area contributed by atoms with E-state index in [0.717, 1.165) is 12.8 Å². The van der Waals surface area contributed by atoms with Gasteiger partial charge in [-0.3, -0.25) is 4.79 Å². The molecule has 0 fully saturated rings. The molecule has 0 bridgehead atoms. The second kappa shape index (κ2) is 8.68. The second-order valence-electron chi connectivity index (χ2n) is 3.78. The number of amides is 1. The summed E-state index contributed by atoms with van der Waals surface area (Å²) in [4.78, 5) is 11.2. The third-order valence-electron chi connectivity index (χ3n) is 2.66. The smallest absolute Gasteiger partial charge is 0.220 e. The van der Waals surface area contributed by atoms with Crippen LogP contribution in [0, 0.1) is 5.92 Å². The van der Waals surface area contributed by atoms with Crippen molar-refractivity contribution in [2.45, 2.75) is 45.6 Å². The lowest BCUT2D eigenvalue weighted by Gasteiger charge is -2.20. The first-order valence-electron chi connectivity index (χ1n) is 5.71. The summed E-state index contributed by atoms with van der Waals surface area (Å²) in [6.07, 6.45) is 2.19. The average Bonchev–Trinajstić information content (AvgIpc) is 2.25. The summed E-state index contributed by atoms with van der Waals surface area (Å²) >= 11 is 0. The Kier molecular flexibility index (Phi) is 8.33. The zero-order chi connectivity index (χ0) is 11.7. The Morgan fingerprint density at radius 1 is 1.33 bits per heavy atom. The highest BCUT2D eigenvalue weighted by Gasteiger charge is 2.15. The molecule has 15 heavy (non-hydrogen) atoms. The fraction of sp³-hybridized carbons (Fsp3) is 0.909. The number of aliphatic hydroxyl groups is 2. The van der Waals surface area contributed by atoms with Gasteiger partial charge in [0.25, 0.3) is 0 Å². The van der Waals surface area contributed by atoms with Crippen molar-refractivity contribution >= 4 is 5.91 Å². The standard InChI is InChI=1S/C11H23NO3/c1-3-9(4-2)10(14)8-12-11(15)6-5-7-13/h9-10,13-14H,3-8H2,1-2H3,(H,12,15). The molecule has 0 heterocycles. The Balaban J connectivity index is 3.68. The quantitative estimate of drug-likeness (QED) is 0.560. The van der Waals surface area contributed by atoms with Gasteiger partial charge in [-0.15, -0.1) is 0 Å². The highest BCUT2D eigenvalue weighted by Crippen LogP contribution is 2.12. The maximum Gasteiger partial charge on any atom is 0.220 e. The number of carbonyl (C=O) groups is 1. The van der Waals surface area contributed by atoms with Crippen LogP contribution in [-0.2, 0) is 4.79 Å². The lowest BCUT2D eigenvalue weighted by molar-refractivity contribution is -0.122. The maximum atomic E-state index is 11.2. The van der Waals surface area contributed by atoms with E-state index >= 15 is 0 Å². The van der Waals surface area contributed by atoms with E-state index in [4.69, 9.17) is 5.11 Å². The molecule has 0 aliphatic carbocycles. The van der Waals surface area contributed by atoms with E-state index in [-0.39, 0.29) is 18.4 Å². The van der Waals surface area contributed by atoms with Gasteiger partial charge in [0.2, 0.25) is 5.91 Å². The third-order valence-corrected chi connectivity index (χ3v) is 2.66. The van der Waals surface area contributed by atoms with Crippen LogP contribution in [0.25, 0.3) is 0 Å². The molecule has 0 saturated heterocycles. The van der Waals surface area contributed by atoms with E-state index in [9.17, 15) is 9.90 Å². The van der Waals surface area contributed by atoms with Gasteiger partial charge in [-0.2, -0.15) is 0 Å². The molecular formula is C11H23NO3. The van der Waals surface area contributed by atoms with E-state index < -0.39 is 6.10 Å². The normalized spacial score (nSPS) is 12.9. The van der Waals surface area contributed by atoms with E-state index in [1.807, 2.05) is 13.8 Å². The van der Waals surface area contributed by atoms with Crippen LogP contribution >= 0.6 is 0 Å². The van der Waals surface area contributed by atoms with E-state index in [1.54, 1.807) is 0 Å². The molecule has 4 heteroatoms. The third kappa shape index (κ3) is 6.47. The maximum absolute atomic E-state index is 11.2. The Morgan fingerprint density at radius 2 is 1.93 bits per heavy atom. The molecule has 3 N–H and O–H groups in total. The molecule has 0 aromatic carbocycles. The molecule has 4 nitrogen and oxygen atoms in total. The molecule has 1 unspecified atom stereocenters. The number of nitrogens with one attached hydrogen (secondary N) is 1. The second-order valence-corrected chi connectivity index (χ2v) is 3.78. The van der Waals surface area contributed by atoms with Crippen LogP contribution in [0.3, 0.4) is 0 Å². The van der Waals surface area contributed by atoms with Crippen molar-refractivity contribution < 1.29 is 15.0 Å². The van der Waals surface area contributed by atoms with Crippen molar-refractivity contribution in [2.75, 3.05) is 13.2 Å². The fourth-order valence-electron chi connectivity index (χ4n) is 1.55. The lowest BCUT2D eigenvalue weighted by atomic mass is 9.96. The molecule has 0 aliphatic rings. The SMILES string of the molecule is CCC(CC)C(O)CNC(=O)CCCO. The Morgan fingerprint density at radius 3 is 2.40 bits per heavy atom. The lowest BCUT2D eigenvalue weighted by Crippen LogP contribution is -2.36. The summed E-state index contributed by atoms with van der Waals surface area (Å²) < 4.78 is 0. The molecule has 0 saturated carbocycles. The zero-order valence-corrected chi connectivity index (χ0v) is 9.70. The van der Waals surface area contributed by atoms with Gasteiger partial charge in [0, 0.05) is 19.6 Å². The van der Waals surface area contributed by atoms with Gasteiger partial charge < -0.3 is 15.5 Å². The monoisotopic (exact) mass is 217 g/mol. The van der Waals surface area contributed by atoms with Crippen molar-refractivity contribution in [1.82, 2.24) is 5.32 Å². The Bertz CT molecular complexity index is 169. The van der Waals surface area contributed by atoms with Crippen LogP contribution in [0.1, 0.15) is 39.5 Å². The summed E-state index contributed by atoms with van der Waals surface area (Å²) in [5, 5.41) is 20.9. The van der Waals surface area contributed by atoms with Crippen molar-refractivity contribution in [3.63, 3.8) is 0 Å². The van der Waals surface area contributed by atoms with E-state index in [0.29, 0.717) is 19.4 Å². The predicted octanol–water partition coefficient (Wildman–Crippen LogP) is 0.672. The number of carbonyl (C=O) groups excluding carboxylic acids is 1. The molecule has 1 atom stereocenters. The topological polar surface area (TPSA) is 69.6 Å². The van der Waals surface area contributed by atoms with Gasteiger partial charge in [-0.25, -0.2) is 0 Å². The fourth-order valence-corrected chi connectivity index (χ4v) is 1.55. The average molecular weight is 217 g/mol. The first kappa shape index (κ1) is 14.4. The molecule has 0 aromatic heterocycles. The largest absolute Gasteiger partial charge is 0.396 e. The number of rotatable bonds is 8. The van der Waals surface area contributed by atoms with Gasteiger partial charge in [0.05, 0.1) is 6.10 Å². The Hall–Kier alpha value is -0.610. The van der Waals surface area contributed by atoms with Gasteiger partial charge >= 0.3 is 0 Å². The summed E-state index contributed by atoms with van der Waals surface area (Å²) in [7, 11) is 0.